The molecule has 0 atom stereocenters. The van der Waals surface area contributed by atoms with Crippen LogP contribution in [0.1, 0.15) is 26.3 Å². The molecule has 0 unspecified atom stereocenters. The molecule has 0 amide bonds. The molecule has 84 valence electrons. The van der Waals surface area contributed by atoms with Gasteiger partial charge in [0.2, 0.25) is 5.95 Å². The van der Waals surface area contributed by atoms with Gasteiger partial charge < -0.3 is 10.1 Å². The van der Waals surface area contributed by atoms with Gasteiger partial charge in [0.15, 0.2) is 0 Å². The van der Waals surface area contributed by atoms with Crippen molar-refractivity contribution in [3.8, 4) is 0 Å². The lowest BCUT2D eigenvalue weighted by atomic mass is 9.89. The maximum absolute atomic E-state index is 4.92. The molecule has 0 bridgehead atoms. The molecule has 1 heterocycles. The van der Waals surface area contributed by atoms with Crippen LogP contribution in [0.5, 0.6) is 0 Å². The SMILES string of the molecule is COCCNc1ncc(C(C)(C)C)cn1. The third-order valence-corrected chi connectivity index (χ3v) is 2.11. The first-order valence-corrected chi connectivity index (χ1v) is 5.09. The molecular weight excluding hydrogens is 190 g/mol. The average molecular weight is 209 g/mol. The van der Waals surface area contributed by atoms with E-state index in [1.54, 1.807) is 7.11 Å². The summed E-state index contributed by atoms with van der Waals surface area (Å²) >= 11 is 0. The Morgan fingerprint density at radius 1 is 1.27 bits per heavy atom. The molecule has 0 aliphatic rings. The first-order valence-electron chi connectivity index (χ1n) is 5.09. The molecule has 1 N–H and O–H groups in total. The van der Waals surface area contributed by atoms with Crippen LogP contribution in [-0.2, 0) is 10.2 Å². The zero-order valence-corrected chi connectivity index (χ0v) is 9.87. The van der Waals surface area contributed by atoms with Gasteiger partial charge in [-0.2, -0.15) is 0 Å². The molecule has 0 fully saturated rings. The van der Waals surface area contributed by atoms with Crippen LogP contribution in [0.4, 0.5) is 5.95 Å². The van der Waals surface area contributed by atoms with Crippen molar-refractivity contribution in [2.75, 3.05) is 25.6 Å². The van der Waals surface area contributed by atoms with E-state index < -0.39 is 0 Å². The number of anilines is 1. The van der Waals surface area contributed by atoms with Gasteiger partial charge in [-0.15, -0.1) is 0 Å². The molecule has 0 saturated carbocycles. The first-order chi connectivity index (χ1) is 7.04. The van der Waals surface area contributed by atoms with Gasteiger partial charge in [0.25, 0.3) is 0 Å². The van der Waals surface area contributed by atoms with Crippen molar-refractivity contribution in [3.63, 3.8) is 0 Å². The Labute approximate surface area is 91.1 Å². The number of hydrogen-bond donors (Lipinski definition) is 1. The smallest absolute Gasteiger partial charge is 0.222 e. The lowest BCUT2D eigenvalue weighted by molar-refractivity contribution is 0.210. The lowest BCUT2D eigenvalue weighted by Crippen LogP contribution is -2.14. The van der Waals surface area contributed by atoms with Crippen molar-refractivity contribution in [3.05, 3.63) is 18.0 Å². The summed E-state index contributed by atoms with van der Waals surface area (Å²) in [6, 6.07) is 0. The largest absolute Gasteiger partial charge is 0.383 e. The van der Waals surface area contributed by atoms with Gasteiger partial charge >= 0.3 is 0 Å². The fraction of sp³-hybridized carbons (Fsp3) is 0.636. The van der Waals surface area contributed by atoms with Crippen LogP contribution >= 0.6 is 0 Å². The Morgan fingerprint density at radius 3 is 2.33 bits per heavy atom. The first kappa shape index (κ1) is 11.9. The highest BCUT2D eigenvalue weighted by molar-refractivity contribution is 5.26. The zero-order valence-electron chi connectivity index (χ0n) is 9.87. The van der Waals surface area contributed by atoms with E-state index in [9.17, 15) is 0 Å². The fourth-order valence-corrected chi connectivity index (χ4v) is 1.07. The molecule has 0 aromatic carbocycles. The van der Waals surface area contributed by atoms with Crippen LogP contribution in [0.3, 0.4) is 0 Å². The second-order valence-electron chi connectivity index (χ2n) is 4.46. The van der Waals surface area contributed by atoms with E-state index in [0.717, 1.165) is 12.1 Å². The molecule has 15 heavy (non-hydrogen) atoms. The topological polar surface area (TPSA) is 47.0 Å². The van der Waals surface area contributed by atoms with E-state index in [0.29, 0.717) is 12.6 Å². The Bertz CT molecular complexity index is 290. The second-order valence-corrected chi connectivity index (χ2v) is 4.46. The monoisotopic (exact) mass is 209 g/mol. The van der Waals surface area contributed by atoms with Crippen molar-refractivity contribution >= 4 is 5.95 Å². The summed E-state index contributed by atoms with van der Waals surface area (Å²) in [5.74, 6) is 0.653. The van der Waals surface area contributed by atoms with Crippen LogP contribution in [0, 0.1) is 0 Å². The highest BCUT2D eigenvalue weighted by Gasteiger charge is 2.14. The molecular formula is C11H19N3O. The van der Waals surface area contributed by atoms with Gasteiger partial charge in [-0.25, -0.2) is 9.97 Å². The number of nitrogens with one attached hydrogen (secondary N) is 1. The number of rotatable bonds is 4. The Balaban J connectivity index is 2.57. The summed E-state index contributed by atoms with van der Waals surface area (Å²) in [5.41, 5.74) is 1.24. The number of ether oxygens (including phenoxy) is 1. The molecule has 0 aliphatic carbocycles. The van der Waals surface area contributed by atoms with Gasteiger partial charge in [-0.05, 0) is 11.0 Å². The van der Waals surface area contributed by atoms with Crippen molar-refractivity contribution in [1.29, 1.82) is 0 Å². The van der Waals surface area contributed by atoms with E-state index in [1.807, 2.05) is 12.4 Å². The Morgan fingerprint density at radius 2 is 1.87 bits per heavy atom. The van der Waals surface area contributed by atoms with Crippen LogP contribution in [0.2, 0.25) is 0 Å². The molecule has 1 rings (SSSR count). The highest BCUT2D eigenvalue weighted by Crippen LogP contribution is 2.20. The predicted molar refractivity (Wildman–Crippen MR) is 61.1 cm³/mol. The van der Waals surface area contributed by atoms with Crippen molar-refractivity contribution in [1.82, 2.24) is 9.97 Å². The lowest BCUT2D eigenvalue weighted by Gasteiger charge is -2.17. The summed E-state index contributed by atoms with van der Waals surface area (Å²) in [7, 11) is 1.67. The number of aromatic nitrogens is 2. The Kier molecular flexibility index (Phi) is 4.03. The summed E-state index contributed by atoms with van der Waals surface area (Å²) in [6.45, 7) is 7.81. The quantitative estimate of drug-likeness (QED) is 0.768. The molecule has 0 radical (unpaired) electrons. The van der Waals surface area contributed by atoms with Crippen LogP contribution in [-0.4, -0.2) is 30.2 Å². The number of methoxy groups -OCH3 is 1. The standard InChI is InChI=1S/C11H19N3O/c1-11(2,3)9-7-13-10(14-8-9)12-5-6-15-4/h7-8H,5-6H2,1-4H3,(H,12,13,14). The van der Waals surface area contributed by atoms with Gasteiger partial charge in [0, 0.05) is 26.0 Å². The van der Waals surface area contributed by atoms with Crippen LogP contribution in [0.15, 0.2) is 12.4 Å². The van der Waals surface area contributed by atoms with E-state index in [2.05, 4.69) is 36.1 Å². The average Bonchev–Trinajstić information content (AvgIpc) is 2.18. The minimum absolute atomic E-state index is 0.102. The summed E-state index contributed by atoms with van der Waals surface area (Å²) in [6.07, 6.45) is 3.73. The number of nitrogens with zero attached hydrogens (tertiary/aromatic N) is 2. The third-order valence-electron chi connectivity index (χ3n) is 2.11. The van der Waals surface area contributed by atoms with Crippen LogP contribution < -0.4 is 5.32 Å². The van der Waals surface area contributed by atoms with Crippen LogP contribution in [0.25, 0.3) is 0 Å². The van der Waals surface area contributed by atoms with Crippen molar-refractivity contribution < 1.29 is 4.74 Å². The normalized spacial score (nSPS) is 11.5. The van der Waals surface area contributed by atoms with Gasteiger partial charge in [0.1, 0.15) is 0 Å². The third kappa shape index (κ3) is 3.83. The van der Waals surface area contributed by atoms with E-state index in [4.69, 9.17) is 4.74 Å². The van der Waals surface area contributed by atoms with Gasteiger partial charge in [-0.1, -0.05) is 20.8 Å². The predicted octanol–water partition coefficient (Wildman–Crippen LogP) is 1.83. The van der Waals surface area contributed by atoms with Gasteiger partial charge in [-0.3, -0.25) is 0 Å². The molecule has 4 nitrogen and oxygen atoms in total. The maximum atomic E-state index is 4.92. The van der Waals surface area contributed by atoms with E-state index in [1.165, 1.54) is 0 Å². The number of hydrogen-bond acceptors (Lipinski definition) is 4. The minimum Gasteiger partial charge on any atom is -0.383 e. The minimum atomic E-state index is 0.102. The maximum Gasteiger partial charge on any atom is 0.222 e. The van der Waals surface area contributed by atoms with E-state index >= 15 is 0 Å². The van der Waals surface area contributed by atoms with Gasteiger partial charge in [0.05, 0.1) is 6.61 Å². The molecule has 1 aromatic heterocycles. The zero-order chi connectivity index (χ0) is 11.3. The highest BCUT2D eigenvalue weighted by atomic mass is 16.5. The fourth-order valence-electron chi connectivity index (χ4n) is 1.07. The molecule has 0 saturated heterocycles. The Hall–Kier alpha value is -1.16. The molecule has 1 aromatic rings. The van der Waals surface area contributed by atoms with Crippen molar-refractivity contribution in [2.45, 2.75) is 26.2 Å². The molecule has 4 heteroatoms. The summed E-state index contributed by atoms with van der Waals surface area (Å²) < 4.78 is 4.92. The van der Waals surface area contributed by atoms with Crippen molar-refractivity contribution in [2.24, 2.45) is 0 Å². The molecule has 0 spiro atoms. The molecule has 0 aliphatic heterocycles. The summed E-state index contributed by atoms with van der Waals surface area (Å²) in [5, 5.41) is 3.08. The summed E-state index contributed by atoms with van der Waals surface area (Å²) in [4.78, 5) is 8.48. The second kappa shape index (κ2) is 5.07. The van der Waals surface area contributed by atoms with E-state index in [-0.39, 0.29) is 5.41 Å².